The van der Waals surface area contributed by atoms with Crippen molar-refractivity contribution in [2.75, 3.05) is 0 Å². The molecular weight excluding hydrogens is 1200 g/mol. The summed E-state index contributed by atoms with van der Waals surface area (Å²) in [6, 6.07) is 102. The number of halogens is 1. The molecule has 0 spiro atoms. The molecule has 8 heteroatoms. The molecule has 0 aliphatic carbocycles. The number of rotatable bonds is 5. The van der Waals surface area contributed by atoms with Crippen molar-refractivity contribution in [1.82, 2.24) is 0 Å². The first kappa shape index (κ1) is 53.6. The fourth-order valence-corrected chi connectivity index (χ4v) is 14.5. The second-order valence-electron chi connectivity index (χ2n) is 23.4. The van der Waals surface area contributed by atoms with Crippen LogP contribution in [0.3, 0.4) is 0 Å². The SMILES string of the molecule is Brc1ccc2oc3c(ccc4c5ccccc5oc43)c2c1.O[B]Oc1c2ccccc2c(-c2ccc3ccccc3c2)c2ccccc12.c1ccc2cc(-c3c4ccccc4c(-c4ccc5oc6c(ccc7c8ccccc8oc76)c5c4)c4ccccc34)ccc2c1. The third-order valence-corrected chi connectivity index (χ3v) is 18.8. The van der Waals surface area contributed by atoms with E-state index in [9.17, 15) is 5.02 Å². The van der Waals surface area contributed by atoms with E-state index in [2.05, 4.69) is 222 Å². The Morgan fingerprint density at radius 3 is 0.978 bits per heavy atom. The summed E-state index contributed by atoms with van der Waals surface area (Å²) in [5.74, 6) is 0.674. The summed E-state index contributed by atoms with van der Waals surface area (Å²) in [6.45, 7) is 0. The lowest BCUT2D eigenvalue weighted by molar-refractivity contribution is 0.459. The molecule has 0 saturated heterocycles. The topological polar surface area (TPSA) is 82.0 Å². The van der Waals surface area contributed by atoms with E-state index >= 15 is 0 Å². The highest BCUT2D eigenvalue weighted by Crippen LogP contribution is 2.48. The molecule has 16 aromatic carbocycles. The van der Waals surface area contributed by atoms with Crippen LogP contribution in [0.2, 0.25) is 0 Å². The Morgan fingerprint density at radius 2 is 0.554 bits per heavy atom. The average molecular weight is 1250 g/mol. The summed E-state index contributed by atoms with van der Waals surface area (Å²) in [4.78, 5) is 0. The zero-order valence-electron chi connectivity index (χ0n) is 49.2. The molecule has 4 heterocycles. The molecule has 0 aliphatic rings. The predicted molar refractivity (Wildman–Crippen MR) is 386 cm³/mol. The van der Waals surface area contributed by atoms with Gasteiger partial charge < -0.3 is 27.3 Å². The Labute approximate surface area is 534 Å². The predicted octanol–water partition coefficient (Wildman–Crippen LogP) is 24.2. The van der Waals surface area contributed by atoms with E-state index in [-0.39, 0.29) is 0 Å². The summed E-state index contributed by atoms with van der Waals surface area (Å²) in [5.41, 5.74) is 14.0. The van der Waals surface area contributed by atoms with Crippen molar-refractivity contribution in [3.63, 3.8) is 0 Å². The minimum atomic E-state index is 0.674. The Bertz CT molecular complexity index is 6270. The van der Waals surface area contributed by atoms with Gasteiger partial charge in [-0.2, -0.15) is 0 Å². The fraction of sp³-hybridized carbons (Fsp3) is 0. The molecule has 0 fully saturated rings. The van der Waals surface area contributed by atoms with Gasteiger partial charge in [-0.1, -0.05) is 228 Å². The van der Waals surface area contributed by atoms with Crippen LogP contribution >= 0.6 is 15.9 Å². The van der Waals surface area contributed by atoms with Crippen LogP contribution in [0.15, 0.2) is 313 Å². The minimum Gasteiger partial charge on any atom is -0.537 e. The van der Waals surface area contributed by atoms with Gasteiger partial charge in [0.15, 0.2) is 22.3 Å². The van der Waals surface area contributed by atoms with Crippen LogP contribution in [0.25, 0.3) is 186 Å². The van der Waals surface area contributed by atoms with E-state index < -0.39 is 0 Å². The second-order valence-corrected chi connectivity index (χ2v) is 24.3. The van der Waals surface area contributed by atoms with E-state index in [0.29, 0.717) is 5.75 Å². The maximum absolute atomic E-state index is 9.30. The van der Waals surface area contributed by atoms with Crippen molar-refractivity contribution in [1.29, 1.82) is 0 Å². The van der Waals surface area contributed by atoms with Crippen LogP contribution in [-0.4, -0.2) is 12.7 Å². The van der Waals surface area contributed by atoms with Crippen molar-refractivity contribution >= 4 is 176 Å². The lowest BCUT2D eigenvalue weighted by atomic mass is 9.85. The second kappa shape index (κ2) is 21.7. The van der Waals surface area contributed by atoms with E-state index in [4.69, 9.17) is 22.3 Å². The summed E-state index contributed by atoms with van der Waals surface area (Å²) >= 11 is 3.52. The Hall–Kier alpha value is -11.4. The molecule has 0 bridgehead atoms. The van der Waals surface area contributed by atoms with Gasteiger partial charge in [0.2, 0.25) is 0 Å². The summed E-state index contributed by atoms with van der Waals surface area (Å²) < 4.78 is 31.4. The lowest BCUT2D eigenvalue weighted by Crippen LogP contribution is -2.02. The number of benzene rings is 16. The van der Waals surface area contributed by atoms with Crippen LogP contribution in [0.5, 0.6) is 5.75 Å². The summed E-state index contributed by atoms with van der Waals surface area (Å²) in [6.07, 6.45) is 0. The van der Waals surface area contributed by atoms with E-state index in [0.717, 1.165) is 121 Å². The van der Waals surface area contributed by atoms with E-state index in [1.54, 1.807) is 0 Å². The Kier molecular flexibility index (Phi) is 12.6. The van der Waals surface area contributed by atoms with Crippen LogP contribution in [0.4, 0.5) is 0 Å². The first-order valence-corrected chi connectivity index (χ1v) is 31.5. The van der Waals surface area contributed by atoms with Crippen LogP contribution < -0.4 is 4.65 Å². The molecular formula is C84H49BBrO6. The Morgan fingerprint density at radius 1 is 0.250 bits per heavy atom. The first-order valence-electron chi connectivity index (χ1n) is 30.7. The number of furan rings is 4. The molecule has 431 valence electrons. The number of fused-ring (bicyclic) bond motifs is 20. The Balaban J connectivity index is 0.000000111. The van der Waals surface area contributed by atoms with Gasteiger partial charge in [0.25, 0.3) is 0 Å². The molecule has 0 saturated carbocycles. The third kappa shape index (κ3) is 8.67. The highest BCUT2D eigenvalue weighted by Gasteiger charge is 2.22. The fourth-order valence-electron chi connectivity index (χ4n) is 14.2. The molecule has 0 amide bonds. The van der Waals surface area contributed by atoms with Gasteiger partial charge in [-0.3, -0.25) is 0 Å². The van der Waals surface area contributed by atoms with Crippen molar-refractivity contribution in [3.8, 4) is 39.1 Å². The van der Waals surface area contributed by atoms with E-state index in [1.165, 1.54) is 76.5 Å². The average Bonchev–Trinajstić information content (AvgIpc) is 1.65. The van der Waals surface area contributed by atoms with Gasteiger partial charge in [-0.25, -0.2) is 0 Å². The van der Waals surface area contributed by atoms with Crippen molar-refractivity contribution in [2.45, 2.75) is 0 Å². The molecule has 1 N–H and O–H groups in total. The van der Waals surface area contributed by atoms with Crippen molar-refractivity contribution in [3.05, 3.63) is 296 Å². The van der Waals surface area contributed by atoms with Crippen LogP contribution in [-0.2, 0) is 0 Å². The van der Waals surface area contributed by atoms with Crippen molar-refractivity contribution in [2.24, 2.45) is 0 Å². The zero-order chi connectivity index (χ0) is 61.0. The molecule has 20 aromatic rings. The third-order valence-electron chi connectivity index (χ3n) is 18.3. The normalized spacial score (nSPS) is 11.8. The van der Waals surface area contributed by atoms with Gasteiger partial charge >= 0.3 is 7.69 Å². The quantitative estimate of drug-likeness (QED) is 0.137. The number of hydrogen-bond acceptors (Lipinski definition) is 6. The lowest BCUT2D eigenvalue weighted by Gasteiger charge is -2.18. The molecule has 4 aromatic heterocycles. The maximum Gasteiger partial charge on any atom is 0.569 e. The van der Waals surface area contributed by atoms with E-state index in [1.807, 2.05) is 84.9 Å². The van der Waals surface area contributed by atoms with Gasteiger partial charge in [-0.05, 0) is 166 Å². The van der Waals surface area contributed by atoms with Crippen LogP contribution in [0.1, 0.15) is 0 Å². The van der Waals surface area contributed by atoms with Gasteiger partial charge in [0.05, 0.1) is 0 Å². The minimum absolute atomic E-state index is 0.674. The molecule has 0 atom stereocenters. The largest absolute Gasteiger partial charge is 0.569 e. The number of para-hydroxylation sites is 2. The monoisotopic (exact) mass is 1240 g/mol. The summed E-state index contributed by atoms with van der Waals surface area (Å²) in [5, 5.41) is 32.1. The highest BCUT2D eigenvalue weighted by atomic mass is 79.9. The zero-order valence-corrected chi connectivity index (χ0v) is 50.7. The maximum atomic E-state index is 9.30. The molecule has 0 unspecified atom stereocenters. The standard InChI is InChI=1S/C42H24O2.C24H16BO2.C18H9BrO2/c1-2-10-26-23-27(18-17-25(26)9-1)39-30-12-3-5-14-32(30)40(33-15-6-4-13-31(33)39)28-19-22-38-36(24-28)35-21-20-34-29-11-7-8-16-37(29)43-41(34)42(35)44-38;26-25-27-24-21-11-5-3-9-19(21)23(20-10-4-6-12-22(20)24)18-14-13-16-7-1-2-8-17(16)15-18;19-10-5-8-16-14(9-10)13-7-6-12-11-3-1-2-4-15(11)20-17(12)18(13)21-16/h1-24H;1-15,26H;1-9H. The molecule has 92 heavy (non-hydrogen) atoms. The molecule has 1 radical (unpaired) electrons. The van der Waals surface area contributed by atoms with Gasteiger partial charge in [0, 0.05) is 58.3 Å². The first-order chi connectivity index (χ1) is 45.5. The molecule has 20 rings (SSSR count). The van der Waals surface area contributed by atoms with Gasteiger partial charge in [-0.15, -0.1) is 0 Å². The van der Waals surface area contributed by atoms with Gasteiger partial charge in [0.1, 0.15) is 28.1 Å². The van der Waals surface area contributed by atoms with Crippen LogP contribution in [0, 0.1) is 0 Å². The number of hydrogen-bond donors (Lipinski definition) is 1. The molecule has 0 aliphatic heterocycles. The summed E-state index contributed by atoms with van der Waals surface area (Å²) in [7, 11) is 0.754. The van der Waals surface area contributed by atoms with Crippen molar-refractivity contribution < 1.29 is 27.3 Å². The molecule has 6 nitrogen and oxygen atoms in total. The highest BCUT2D eigenvalue weighted by molar-refractivity contribution is 9.10. The smallest absolute Gasteiger partial charge is 0.537 e.